The highest BCUT2D eigenvalue weighted by molar-refractivity contribution is 6.31. The first-order valence-corrected chi connectivity index (χ1v) is 11.0. The maximum Gasteiger partial charge on any atom is 0.0732 e. The second-order valence-corrected chi connectivity index (χ2v) is 9.69. The molecule has 0 spiro atoms. The molecule has 2 heterocycles. The average Bonchev–Trinajstić information content (AvgIpc) is 3.13. The molecule has 2 nitrogen and oxygen atoms in total. The van der Waals surface area contributed by atoms with Crippen LogP contribution in [0.5, 0.6) is 0 Å². The van der Waals surface area contributed by atoms with E-state index < -0.39 is 0 Å². The van der Waals surface area contributed by atoms with E-state index in [0.717, 1.165) is 11.6 Å². The lowest BCUT2D eigenvalue weighted by molar-refractivity contribution is 0.524. The zero-order valence-corrected chi connectivity index (χ0v) is 18.4. The number of H-pyrrole nitrogens is 1. The molecule has 1 aliphatic heterocycles. The number of aromatic nitrogens is 1. The van der Waals surface area contributed by atoms with E-state index >= 15 is 0 Å². The van der Waals surface area contributed by atoms with E-state index in [1.165, 1.54) is 38.9 Å². The summed E-state index contributed by atoms with van der Waals surface area (Å²) in [6.45, 7) is 7.62. The molecular weight excluding hydrogens is 388 g/mol. The van der Waals surface area contributed by atoms with Gasteiger partial charge in [-0.3, -0.25) is 0 Å². The van der Waals surface area contributed by atoms with Crippen LogP contribution in [0.25, 0.3) is 10.9 Å². The minimum absolute atomic E-state index is 0.139. The molecule has 0 saturated carbocycles. The van der Waals surface area contributed by atoms with Gasteiger partial charge < -0.3 is 10.3 Å². The van der Waals surface area contributed by atoms with Gasteiger partial charge in [0.15, 0.2) is 0 Å². The molecule has 4 aromatic rings. The number of benzene rings is 3. The van der Waals surface area contributed by atoms with Crippen LogP contribution in [-0.2, 0) is 5.41 Å². The van der Waals surface area contributed by atoms with Crippen LogP contribution in [0.15, 0.2) is 72.8 Å². The molecule has 5 rings (SSSR count). The van der Waals surface area contributed by atoms with Crippen molar-refractivity contribution in [2.24, 2.45) is 0 Å². The van der Waals surface area contributed by atoms with E-state index in [1.54, 1.807) is 0 Å². The standard InChI is InChI=1S/C27H27ClN2/c1-27(2,3)18-14-12-17(13-15-18)25-26-24(20-9-5-7-11-23(20)30-26)21(16-29-25)19-8-4-6-10-22(19)28/h4-15,21,25,29-30H,16H2,1-3H3/t21-,25+/m0/s1. The molecule has 1 aromatic heterocycles. The number of hydrogen-bond donors (Lipinski definition) is 2. The third-order valence-corrected chi connectivity index (χ3v) is 6.67. The van der Waals surface area contributed by atoms with Crippen LogP contribution in [0, 0.1) is 0 Å². The average molecular weight is 415 g/mol. The van der Waals surface area contributed by atoms with Crippen molar-refractivity contribution in [1.29, 1.82) is 0 Å². The molecule has 0 aliphatic carbocycles. The van der Waals surface area contributed by atoms with Crippen LogP contribution in [0.2, 0.25) is 5.02 Å². The van der Waals surface area contributed by atoms with E-state index in [9.17, 15) is 0 Å². The third kappa shape index (κ3) is 3.25. The third-order valence-electron chi connectivity index (χ3n) is 6.33. The topological polar surface area (TPSA) is 27.8 Å². The summed E-state index contributed by atoms with van der Waals surface area (Å²) >= 11 is 6.62. The fraction of sp³-hybridized carbons (Fsp3) is 0.259. The number of para-hydroxylation sites is 1. The summed E-state index contributed by atoms with van der Waals surface area (Å²) in [5.41, 5.74) is 7.76. The zero-order valence-electron chi connectivity index (χ0n) is 17.7. The van der Waals surface area contributed by atoms with Crippen molar-refractivity contribution in [2.75, 3.05) is 6.54 Å². The van der Waals surface area contributed by atoms with Crippen LogP contribution in [0.3, 0.4) is 0 Å². The fourth-order valence-electron chi connectivity index (χ4n) is 4.71. The maximum absolute atomic E-state index is 6.62. The van der Waals surface area contributed by atoms with Crippen molar-refractivity contribution in [3.8, 4) is 0 Å². The molecule has 2 N–H and O–H groups in total. The number of halogens is 1. The molecule has 0 unspecified atom stereocenters. The highest BCUT2D eigenvalue weighted by atomic mass is 35.5. The molecule has 0 fully saturated rings. The molecule has 30 heavy (non-hydrogen) atoms. The predicted molar refractivity (Wildman–Crippen MR) is 127 cm³/mol. The molecule has 0 amide bonds. The first-order chi connectivity index (χ1) is 14.4. The van der Waals surface area contributed by atoms with Crippen LogP contribution in [0.4, 0.5) is 0 Å². The normalized spacial score (nSPS) is 19.1. The first-order valence-electron chi connectivity index (χ1n) is 10.6. The molecule has 3 heteroatoms. The van der Waals surface area contributed by atoms with Crippen LogP contribution in [0.1, 0.15) is 60.7 Å². The van der Waals surface area contributed by atoms with E-state index in [0.29, 0.717) is 0 Å². The number of rotatable bonds is 2. The number of fused-ring (bicyclic) bond motifs is 3. The van der Waals surface area contributed by atoms with E-state index in [4.69, 9.17) is 11.6 Å². The van der Waals surface area contributed by atoms with Gasteiger partial charge in [-0.05, 0) is 39.8 Å². The van der Waals surface area contributed by atoms with Crippen LogP contribution >= 0.6 is 11.6 Å². The number of hydrogen-bond acceptors (Lipinski definition) is 1. The van der Waals surface area contributed by atoms with E-state index in [-0.39, 0.29) is 17.4 Å². The van der Waals surface area contributed by atoms with E-state index in [1.807, 2.05) is 12.1 Å². The van der Waals surface area contributed by atoms with Crippen LogP contribution < -0.4 is 5.32 Å². The summed E-state index contributed by atoms with van der Waals surface area (Å²) in [4.78, 5) is 3.72. The highest BCUT2D eigenvalue weighted by Crippen LogP contribution is 2.43. The molecule has 0 radical (unpaired) electrons. The van der Waals surface area contributed by atoms with Crippen molar-refractivity contribution in [3.63, 3.8) is 0 Å². The minimum atomic E-state index is 0.139. The molecule has 3 aromatic carbocycles. The molecule has 2 atom stereocenters. The Bertz CT molecular complexity index is 1200. The van der Waals surface area contributed by atoms with Crippen molar-refractivity contribution in [2.45, 2.75) is 38.1 Å². The van der Waals surface area contributed by atoms with Crippen molar-refractivity contribution in [3.05, 3.63) is 106 Å². The molecular formula is C27H27ClN2. The largest absolute Gasteiger partial charge is 0.357 e. The Balaban J connectivity index is 1.65. The second kappa shape index (κ2) is 7.30. The smallest absolute Gasteiger partial charge is 0.0732 e. The molecule has 0 bridgehead atoms. The summed E-state index contributed by atoms with van der Waals surface area (Å²) in [5, 5.41) is 5.91. The predicted octanol–water partition coefficient (Wildman–Crippen LogP) is 6.94. The maximum atomic E-state index is 6.62. The summed E-state index contributed by atoms with van der Waals surface area (Å²) in [5.74, 6) is 0.218. The van der Waals surface area contributed by atoms with Gasteiger partial charge in [-0.25, -0.2) is 0 Å². The van der Waals surface area contributed by atoms with Gasteiger partial charge >= 0.3 is 0 Å². The summed E-state index contributed by atoms with van der Waals surface area (Å²) in [6.07, 6.45) is 0. The number of aromatic amines is 1. The lowest BCUT2D eigenvalue weighted by Crippen LogP contribution is -2.34. The summed E-state index contributed by atoms with van der Waals surface area (Å²) in [7, 11) is 0. The van der Waals surface area contributed by atoms with Gasteiger partial charge in [-0.15, -0.1) is 0 Å². The SMILES string of the molecule is CC(C)(C)c1ccc([C@H]2NC[C@@H](c3ccccc3Cl)c3c2[nH]c2ccccc32)cc1. The first kappa shape index (κ1) is 19.4. The Kier molecular flexibility index (Phi) is 4.72. The van der Waals surface area contributed by atoms with Gasteiger partial charge in [0, 0.05) is 34.1 Å². The van der Waals surface area contributed by atoms with Crippen molar-refractivity contribution in [1.82, 2.24) is 10.3 Å². The van der Waals surface area contributed by atoms with Crippen molar-refractivity contribution >= 4 is 22.5 Å². The zero-order chi connectivity index (χ0) is 20.9. The summed E-state index contributed by atoms with van der Waals surface area (Å²) in [6, 6.07) is 26.0. The van der Waals surface area contributed by atoms with E-state index in [2.05, 4.69) is 91.7 Å². The Hall–Kier alpha value is -2.55. The molecule has 1 aliphatic rings. The molecule has 0 saturated heterocycles. The van der Waals surface area contributed by atoms with Gasteiger partial charge in [0.25, 0.3) is 0 Å². The Morgan fingerprint density at radius 2 is 1.57 bits per heavy atom. The summed E-state index contributed by atoms with van der Waals surface area (Å²) < 4.78 is 0. The lowest BCUT2D eigenvalue weighted by Gasteiger charge is -2.32. The second-order valence-electron chi connectivity index (χ2n) is 9.29. The Labute approximate surface area is 183 Å². The van der Waals surface area contributed by atoms with Gasteiger partial charge in [-0.2, -0.15) is 0 Å². The molecule has 152 valence electrons. The van der Waals surface area contributed by atoms with Crippen LogP contribution in [-0.4, -0.2) is 11.5 Å². The number of nitrogens with one attached hydrogen (secondary N) is 2. The monoisotopic (exact) mass is 414 g/mol. The van der Waals surface area contributed by atoms with Crippen molar-refractivity contribution < 1.29 is 0 Å². The lowest BCUT2D eigenvalue weighted by atomic mass is 9.82. The van der Waals surface area contributed by atoms with Gasteiger partial charge in [0.05, 0.1) is 6.04 Å². The van der Waals surface area contributed by atoms with Gasteiger partial charge in [0.2, 0.25) is 0 Å². The quantitative estimate of drug-likeness (QED) is 0.365. The Morgan fingerprint density at radius 1 is 0.867 bits per heavy atom. The fourth-order valence-corrected chi connectivity index (χ4v) is 4.98. The minimum Gasteiger partial charge on any atom is -0.357 e. The van der Waals surface area contributed by atoms with Gasteiger partial charge in [0.1, 0.15) is 0 Å². The van der Waals surface area contributed by atoms with Gasteiger partial charge in [-0.1, -0.05) is 93.0 Å². The Morgan fingerprint density at radius 3 is 2.30 bits per heavy atom. The highest BCUT2D eigenvalue weighted by Gasteiger charge is 2.33.